The number of carbonyl (C=O) groups is 1. The Hall–Kier alpha value is -2.58. The van der Waals surface area contributed by atoms with E-state index in [1.807, 2.05) is 38.1 Å². The van der Waals surface area contributed by atoms with Gasteiger partial charge >= 0.3 is 0 Å². The fourth-order valence-corrected chi connectivity index (χ4v) is 5.00. The quantitative estimate of drug-likeness (QED) is 0.592. The van der Waals surface area contributed by atoms with E-state index < -0.39 is 10.0 Å². The highest BCUT2D eigenvalue weighted by Gasteiger charge is 2.24. The number of hydrogen-bond donors (Lipinski definition) is 0. The summed E-state index contributed by atoms with van der Waals surface area (Å²) in [5.74, 6) is 1.42. The van der Waals surface area contributed by atoms with Gasteiger partial charge in [0.25, 0.3) is 0 Å². The number of nitrogens with zero attached hydrogens (tertiary/aromatic N) is 2. The number of benzene rings is 2. The number of hydrogen-bond acceptors (Lipinski definition) is 5. The van der Waals surface area contributed by atoms with Crippen LogP contribution in [-0.2, 0) is 21.2 Å². The van der Waals surface area contributed by atoms with E-state index in [2.05, 4.69) is 0 Å². The summed E-state index contributed by atoms with van der Waals surface area (Å²) in [4.78, 5) is 14.5. The van der Waals surface area contributed by atoms with E-state index in [0.717, 1.165) is 11.3 Å². The maximum atomic E-state index is 12.6. The Kier molecular flexibility index (Phi) is 7.56. The van der Waals surface area contributed by atoms with Gasteiger partial charge in [-0.05, 0) is 36.2 Å². The van der Waals surface area contributed by atoms with Crippen molar-refractivity contribution in [3.05, 3.63) is 54.1 Å². The Morgan fingerprint density at radius 1 is 1.03 bits per heavy atom. The van der Waals surface area contributed by atoms with Crippen LogP contribution in [0, 0.1) is 0 Å². The van der Waals surface area contributed by atoms with Crippen molar-refractivity contribution < 1.29 is 22.7 Å². The molecule has 2 aromatic rings. The average molecular weight is 447 g/mol. The molecule has 3 rings (SSSR count). The van der Waals surface area contributed by atoms with Gasteiger partial charge < -0.3 is 14.4 Å². The highest BCUT2D eigenvalue weighted by Crippen LogP contribution is 2.31. The molecule has 1 aliphatic heterocycles. The number of fused-ring (bicyclic) bond motifs is 1. The van der Waals surface area contributed by atoms with Crippen LogP contribution in [0.2, 0.25) is 0 Å². The standard InChI is InChI=1S/C23H30N2O5S/c1-4-25(5-2)31(27,28)20-13-10-18(11-14-20)12-15-23(26)24(3)16-19-17-29-21-8-6-7-9-22(21)30-19/h6-11,13-14,19H,4-5,12,15-17H2,1-3H3. The SMILES string of the molecule is CCN(CC)S(=O)(=O)c1ccc(CCC(=O)N(C)CC2COc3ccccc3O2)cc1. The number of ether oxygens (including phenoxy) is 2. The largest absolute Gasteiger partial charge is 0.486 e. The number of carbonyl (C=O) groups excluding carboxylic acids is 1. The van der Waals surface area contributed by atoms with Gasteiger partial charge in [0.05, 0.1) is 11.4 Å². The van der Waals surface area contributed by atoms with Crippen LogP contribution in [0.15, 0.2) is 53.4 Å². The fourth-order valence-electron chi connectivity index (χ4n) is 3.54. The van der Waals surface area contributed by atoms with Gasteiger partial charge in [-0.15, -0.1) is 0 Å². The van der Waals surface area contributed by atoms with Crippen molar-refractivity contribution in [2.24, 2.45) is 0 Å². The van der Waals surface area contributed by atoms with Gasteiger partial charge in [-0.3, -0.25) is 4.79 Å². The van der Waals surface area contributed by atoms with E-state index in [1.54, 1.807) is 36.2 Å². The Balaban J connectivity index is 1.51. The van der Waals surface area contributed by atoms with Crippen molar-refractivity contribution >= 4 is 15.9 Å². The van der Waals surface area contributed by atoms with Crippen molar-refractivity contribution in [1.29, 1.82) is 0 Å². The van der Waals surface area contributed by atoms with Gasteiger partial charge in [0.15, 0.2) is 17.6 Å². The van der Waals surface area contributed by atoms with Crippen molar-refractivity contribution in [1.82, 2.24) is 9.21 Å². The zero-order chi connectivity index (χ0) is 22.4. The van der Waals surface area contributed by atoms with Crippen LogP contribution in [0.4, 0.5) is 0 Å². The topological polar surface area (TPSA) is 76.2 Å². The molecule has 1 aliphatic rings. The normalized spacial score (nSPS) is 15.7. The van der Waals surface area contributed by atoms with Gasteiger partial charge in [-0.25, -0.2) is 8.42 Å². The second-order valence-electron chi connectivity index (χ2n) is 7.51. The van der Waals surface area contributed by atoms with Crippen LogP contribution in [0.25, 0.3) is 0 Å². The van der Waals surface area contributed by atoms with Crippen molar-refractivity contribution in [2.45, 2.75) is 37.7 Å². The Morgan fingerprint density at radius 2 is 1.68 bits per heavy atom. The highest BCUT2D eigenvalue weighted by molar-refractivity contribution is 7.89. The summed E-state index contributed by atoms with van der Waals surface area (Å²) in [6, 6.07) is 14.3. The number of sulfonamides is 1. The molecule has 1 atom stereocenters. The molecule has 0 fully saturated rings. The zero-order valence-corrected chi connectivity index (χ0v) is 19.1. The van der Waals surface area contributed by atoms with Crippen LogP contribution in [-0.4, -0.2) is 62.9 Å². The molecule has 0 bridgehead atoms. The number of likely N-dealkylation sites (N-methyl/N-ethyl adjacent to an activating group) is 1. The summed E-state index contributed by atoms with van der Waals surface area (Å²) in [6.45, 7) is 5.35. The lowest BCUT2D eigenvalue weighted by molar-refractivity contribution is -0.131. The smallest absolute Gasteiger partial charge is 0.243 e. The van der Waals surface area contributed by atoms with Gasteiger partial charge in [0.1, 0.15) is 6.61 Å². The molecule has 0 aromatic heterocycles. The molecular formula is C23H30N2O5S. The minimum atomic E-state index is -3.47. The lowest BCUT2D eigenvalue weighted by Crippen LogP contribution is -2.41. The molecule has 0 radical (unpaired) electrons. The van der Waals surface area contributed by atoms with Crippen molar-refractivity contribution in [2.75, 3.05) is 33.3 Å². The first kappa shape index (κ1) is 23.1. The van der Waals surface area contributed by atoms with Crippen LogP contribution >= 0.6 is 0 Å². The first-order valence-electron chi connectivity index (χ1n) is 10.6. The molecule has 0 N–H and O–H groups in total. The van der Waals surface area contributed by atoms with Gasteiger partial charge in [-0.2, -0.15) is 4.31 Å². The summed E-state index contributed by atoms with van der Waals surface area (Å²) in [6.07, 6.45) is 0.663. The Labute approximate surface area is 184 Å². The molecule has 0 saturated heterocycles. The molecule has 0 spiro atoms. The molecule has 0 aliphatic carbocycles. The first-order chi connectivity index (χ1) is 14.8. The van der Waals surface area contributed by atoms with E-state index in [0.29, 0.717) is 44.8 Å². The minimum absolute atomic E-state index is 0.00213. The van der Waals surface area contributed by atoms with E-state index in [4.69, 9.17) is 9.47 Å². The summed E-state index contributed by atoms with van der Waals surface area (Å²) in [5.41, 5.74) is 0.923. The molecule has 0 saturated carbocycles. The second kappa shape index (κ2) is 10.2. The predicted molar refractivity (Wildman–Crippen MR) is 119 cm³/mol. The molecular weight excluding hydrogens is 416 g/mol. The summed E-state index contributed by atoms with van der Waals surface area (Å²) in [7, 11) is -1.71. The fraction of sp³-hybridized carbons (Fsp3) is 0.435. The van der Waals surface area contributed by atoms with Gasteiger partial charge in [0.2, 0.25) is 15.9 Å². The molecule has 1 amide bonds. The maximum absolute atomic E-state index is 12.6. The monoisotopic (exact) mass is 446 g/mol. The molecule has 31 heavy (non-hydrogen) atoms. The number of amides is 1. The third-order valence-electron chi connectivity index (χ3n) is 5.36. The van der Waals surface area contributed by atoms with E-state index >= 15 is 0 Å². The Bertz CT molecular complexity index is 987. The number of aryl methyl sites for hydroxylation is 1. The van der Waals surface area contributed by atoms with Crippen LogP contribution in [0.1, 0.15) is 25.8 Å². The van der Waals surface area contributed by atoms with Crippen LogP contribution in [0.5, 0.6) is 11.5 Å². The van der Waals surface area contributed by atoms with Crippen molar-refractivity contribution in [3.63, 3.8) is 0 Å². The maximum Gasteiger partial charge on any atom is 0.243 e. The number of rotatable bonds is 9. The highest BCUT2D eigenvalue weighted by atomic mass is 32.2. The van der Waals surface area contributed by atoms with E-state index in [9.17, 15) is 13.2 Å². The summed E-state index contributed by atoms with van der Waals surface area (Å²) in [5, 5.41) is 0. The van der Waals surface area contributed by atoms with Gasteiger partial charge in [0, 0.05) is 26.6 Å². The Morgan fingerprint density at radius 3 is 2.32 bits per heavy atom. The van der Waals surface area contributed by atoms with Crippen molar-refractivity contribution in [3.8, 4) is 11.5 Å². The first-order valence-corrected chi connectivity index (χ1v) is 12.0. The summed E-state index contributed by atoms with van der Waals surface area (Å²) < 4.78 is 38.2. The third kappa shape index (κ3) is 5.57. The molecule has 2 aromatic carbocycles. The van der Waals surface area contributed by atoms with E-state index in [-0.39, 0.29) is 16.9 Å². The van der Waals surface area contributed by atoms with Crippen LogP contribution in [0.3, 0.4) is 0 Å². The second-order valence-corrected chi connectivity index (χ2v) is 9.44. The minimum Gasteiger partial charge on any atom is -0.486 e. The molecule has 7 nitrogen and oxygen atoms in total. The predicted octanol–water partition coefficient (Wildman–Crippen LogP) is 2.95. The number of para-hydroxylation sites is 2. The van der Waals surface area contributed by atoms with Gasteiger partial charge in [-0.1, -0.05) is 38.1 Å². The molecule has 1 heterocycles. The average Bonchev–Trinajstić information content (AvgIpc) is 2.78. The third-order valence-corrected chi connectivity index (χ3v) is 7.43. The van der Waals surface area contributed by atoms with E-state index in [1.165, 1.54) is 4.31 Å². The lowest BCUT2D eigenvalue weighted by atomic mass is 10.1. The lowest BCUT2D eigenvalue weighted by Gasteiger charge is -2.29. The molecule has 8 heteroatoms. The molecule has 168 valence electrons. The summed E-state index contributed by atoms with van der Waals surface area (Å²) >= 11 is 0. The van der Waals surface area contributed by atoms with Crippen LogP contribution < -0.4 is 9.47 Å². The zero-order valence-electron chi connectivity index (χ0n) is 18.3. The molecule has 1 unspecified atom stereocenters.